The fourth-order valence-corrected chi connectivity index (χ4v) is 47.9. The van der Waals surface area contributed by atoms with Crippen molar-refractivity contribution in [3.05, 3.63) is 170 Å². The van der Waals surface area contributed by atoms with E-state index in [2.05, 4.69) is 229 Å². The summed E-state index contributed by atoms with van der Waals surface area (Å²) < 4.78 is 20.3. The largest absolute Gasteiger partial charge is 0.493 e. The normalized spacial score (nSPS) is 12.7. The van der Waals surface area contributed by atoms with Gasteiger partial charge in [0.05, 0.1) is 92.5 Å². The van der Waals surface area contributed by atoms with Crippen LogP contribution in [0, 0.1) is 0 Å². The minimum absolute atomic E-state index is 0.713. The molecule has 0 heterocycles. The van der Waals surface area contributed by atoms with E-state index in [9.17, 15) is 0 Å². The summed E-state index contributed by atoms with van der Waals surface area (Å²) in [6, 6.07) is 41.7. The Morgan fingerprint density at radius 2 is 0.333 bits per heavy atom. The van der Waals surface area contributed by atoms with Crippen LogP contribution in [0.4, 0.5) is 0 Å². The van der Waals surface area contributed by atoms with Crippen LogP contribution < -0.4 is 14.2 Å². The Labute approximate surface area is 588 Å². The fraction of sp³-hybridized carbons (Fsp3) is 0.630. The average Bonchev–Trinajstić information content (AvgIpc) is 1.33. The molecule has 0 amide bonds. The molecule has 1 aromatic carbocycles. The predicted molar refractivity (Wildman–Crippen MR) is 455 cm³/mol. The summed E-state index contributed by atoms with van der Waals surface area (Å²) in [5.41, 5.74) is 0. The summed E-state index contributed by atoms with van der Waals surface area (Å²) in [7, 11) is -13.0. The zero-order valence-electron chi connectivity index (χ0n) is 63.1. The molecule has 1 aromatic rings. The number of benzene rings is 1. The van der Waals surface area contributed by atoms with Crippen molar-refractivity contribution in [2.75, 3.05) is 19.8 Å². The van der Waals surface area contributed by atoms with Crippen LogP contribution in [0.25, 0.3) is 0 Å². The second-order valence-corrected chi connectivity index (χ2v) is 77.9. The molecular formula is C81H150O3Si9. The Kier molecular flexibility index (Phi) is 45.9. The molecule has 0 saturated carbocycles. The van der Waals surface area contributed by atoms with Gasteiger partial charge in [0, 0.05) is 18.2 Å². The second-order valence-electron chi connectivity index (χ2n) is 32.9. The standard InChI is InChI=1S/C81H150O3Si9/c1-22-49-85(13,50-23-2)64-40-70-91(19,71-41-65-86(14,51-24-3)52-25-4)61-37-34-46-82-79-76-80(83-47-35-38-62-92(20,72-42-66-87(15,53-26-5)54-27-6)73-43-67-88(16,55-28-7)56-29-8)78-81(77-79)84-48-36-39-63-93(21,74-44-68-89(17,57-30-9)58-31-10)75-45-69-90(18,59-32-11)60-33-12/h22-33,76-78H,1-12,34-75H2,13-21H3. The maximum atomic E-state index is 6.78. The zero-order valence-corrected chi connectivity index (χ0v) is 72.1. The minimum Gasteiger partial charge on any atom is -0.493 e. The van der Waals surface area contributed by atoms with E-state index < -0.39 is 72.7 Å². The van der Waals surface area contributed by atoms with E-state index in [1.807, 2.05) is 0 Å². The van der Waals surface area contributed by atoms with Crippen LogP contribution in [0.1, 0.15) is 77.0 Å². The van der Waals surface area contributed by atoms with Crippen LogP contribution in [-0.2, 0) is 0 Å². The quantitative estimate of drug-likeness (QED) is 0.0370. The first-order valence-corrected chi connectivity index (χ1v) is 65.6. The van der Waals surface area contributed by atoms with Crippen molar-refractivity contribution in [1.82, 2.24) is 0 Å². The number of hydrogen-bond donors (Lipinski definition) is 0. The molecule has 3 nitrogen and oxygen atoms in total. The molecule has 0 spiro atoms. The summed E-state index contributed by atoms with van der Waals surface area (Å²) in [5, 5.41) is 0. The minimum atomic E-state index is -1.51. The van der Waals surface area contributed by atoms with Gasteiger partial charge in [-0.1, -0.05) is 280 Å². The zero-order chi connectivity index (χ0) is 69.7. The molecule has 0 N–H and O–H groups in total. The van der Waals surface area contributed by atoms with Crippen molar-refractivity contribution >= 4 is 72.7 Å². The van der Waals surface area contributed by atoms with E-state index in [1.165, 1.54) is 221 Å². The van der Waals surface area contributed by atoms with Gasteiger partial charge < -0.3 is 14.2 Å². The molecule has 0 fully saturated rings. The Balaban J connectivity index is 3.49. The fourth-order valence-electron chi connectivity index (χ4n) is 16.0. The molecule has 0 bridgehead atoms. The van der Waals surface area contributed by atoms with Crippen LogP contribution in [0.2, 0.25) is 222 Å². The highest BCUT2D eigenvalue weighted by Gasteiger charge is 2.35. The van der Waals surface area contributed by atoms with Gasteiger partial charge in [-0.25, -0.2) is 0 Å². The van der Waals surface area contributed by atoms with Gasteiger partial charge in [-0.15, -0.1) is 78.9 Å². The average molecular weight is 1420 g/mol. The van der Waals surface area contributed by atoms with Gasteiger partial charge in [0.15, 0.2) is 0 Å². The Morgan fingerprint density at radius 1 is 0.204 bits per heavy atom. The van der Waals surface area contributed by atoms with Crippen LogP contribution in [0.15, 0.2) is 170 Å². The van der Waals surface area contributed by atoms with Crippen molar-refractivity contribution in [3.8, 4) is 17.2 Å². The number of allylic oxidation sites excluding steroid dienone is 12. The summed E-state index contributed by atoms with van der Waals surface area (Å²) in [4.78, 5) is 0. The molecule has 0 aliphatic carbocycles. The molecule has 93 heavy (non-hydrogen) atoms. The predicted octanol–water partition coefficient (Wildman–Crippen LogP) is 28.4. The van der Waals surface area contributed by atoms with Crippen molar-refractivity contribution in [1.29, 1.82) is 0 Å². The third-order valence-electron chi connectivity index (χ3n) is 22.2. The summed E-state index contributed by atoms with van der Waals surface area (Å²) >= 11 is 0. The van der Waals surface area contributed by atoms with E-state index in [0.717, 1.165) is 36.5 Å². The third kappa shape index (κ3) is 39.0. The smallest absolute Gasteiger partial charge is 0.126 e. The SMILES string of the molecule is C=CC[Si](C)(CC=C)CCC[Si](C)(CCCCOc1cc(OCCCC[Si](C)(CCC[Si](C)(CC=C)CC=C)CCC[Si](C)(CC=C)CC=C)cc(OCCCC[Si](C)(CCC[Si](C)(CC=C)CC=C)CCC[Si](C)(CC=C)CC=C)c1)CCC[Si](C)(CC=C)CC=C. The summed E-state index contributed by atoms with van der Waals surface area (Å²) in [6.07, 6.45) is 41.2. The van der Waals surface area contributed by atoms with Crippen molar-refractivity contribution in [3.63, 3.8) is 0 Å². The molecular weight excluding hydrogens is 1270 g/mol. The molecule has 0 aromatic heterocycles. The first kappa shape index (κ1) is 88.5. The second kappa shape index (κ2) is 48.2. The highest BCUT2D eigenvalue weighted by atomic mass is 28.3. The molecule has 0 aliphatic rings. The monoisotopic (exact) mass is 1420 g/mol. The topological polar surface area (TPSA) is 27.7 Å². The van der Waals surface area contributed by atoms with Gasteiger partial charge in [-0.3, -0.25) is 0 Å². The number of rotatable bonds is 66. The van der Waals surface area contributed by atoms with E-state index in [1.54, 1.807) is 0 Å². The molecule has 0 atom stereocenters. The summed E-state index contributed by atoms with van der Waals surface area (Å²) in [6.45, 7) is 75.8. The lowest BCUT2D eigenvalue weighted by Gasteiger charge is -2.32. The van der Waals surface area contributed by atoms with Crippen molar-refractivity contribution in [2.24, 2.45) is 0 Å². The Hall–Kier alpha value is -2.55. The Bertz CT molecular complexity index is 1910. The molecule has 0 radical (unpaired) electrons. The summed E-state index contributed by atoms with van der Waals surface area (Å²) in [5.74, 6) is 2.64. The van der Waals surface area contributed by atoms with Crippen molar-refractivity contribution in [2.45, 2.75) is 299 Å². The van der Waals surface area contributed by atoms with Crippen LogP contribution >= 0.6 is 0 Å². The van der Waals surface area contributed by atoms with Gasteiger partial charge >= 0.3 is 0 Å². The Morgan fingerprint density at radius 3 is 0.473 bits per heavy atom. The van der Waals surface area contributed by atoms with Crippen LogP contribution in [0.5, 0.6) is 17.2 Å². The molecule has 0 aliphatic heterocycles. The molecule has 1 rings (SSSR count). The van der Waals surface area contributed by atoms with Gasteiger partial charge in [0.25, 0.3) is 0 Å². The number of ether oxygens (including phenoxy) is 3. The lowest BCUT2D eigenvalue weighted by Crippen LogP contribution is -2.34. The lowest BCUT2D eigenvalue weighted by atomic mass is 10.3. The third-order valence-corrected chi connectivity index (χ3v) is 60.9. The van der Waals surface area contributed by atoms with E-state index in [-0.39, 0.29) is 0 Å². The first-order chi connectivity index (χ1) is 44.2. The van der Waals surface area contributed by atoms with E-state index >= 15 is 0 Å². The van der Waals surface area contributed by atoms with Gasteiger partial charge in [0.1, 0.15) is 17.2 Å². The van der Waals surface area contributed by atoms with Gasteiger partial charge in [0.2, 0.25) is 0 Å². The molecule has 0 unspecified atom stereocenters. The van der Waals surface area contributed by atoms with Crippen molar-refractivity contribution < 1.29 is 14.2 Å². The molecule has 0 saturated heterocycles. The van der Waals surface area contributed by atoms with E-state index in [0.29, 0.717) is 19.8 Å². The maximum absolute atomic E-state index is 6.78. The highest BCUT2D eigenvalue weighted by Crippen LogP contribution is 2.39. The van der Waals surface area contributed by atoms with Gasteiger partial charge in [-0.05, 0) is 91.8 Å². The maximum Gasteiger partial charge on any atom is 0.126 e. The van der Waals surface area contributed by atoms with Crippen LogP contribution in [0.3, 0.4) is 0 Å². The first-order valence-electron chi connectivity index (χ1n) is 37.6. The van der Waals surface area contributed by atoms with E-state index in [4.69, 9.17) is 14.2 Å². The number of unbranched alkanes of at least 4 members (excludes halogenated alkanes) is 3. The molecule has 12 heteroatoms. The lowest BCUT2D eigenvalue weighted by molar-refractivity contribution is 0.279. The molecule has 528 valence electrons. The van der Waals surface area contributed by atoms with Crippen LogP contribution in [-0.4, -0.2) is 92.5 Å². The number of hydrogen-bond acceptors (Lipinski definition) is 3. The van der Waals surface area contributed by atoms with Gasteiger partial charge in [-0.2, -0.15) is 0 Å². The highest BCUT2D eigenvalue weighted by molar-refractivity contribution is 6.84.